The first-order chi connectivity index (χ1) is 12.8. The van der Waals surface area contributed by atoms with E-state index in [1.54, 1.807) is 13.8 Å². The maximum absolute atomic E-state index is 13.0. The van der Waals surface area contributed by atoms with E-state index in [1.165, 1.54) is 0 Å². The van der Waals surface area contributed by atoms with Crippen LogP contribution < -0.4 is 4.74 Å². The van der Waals surface area contributed by atoms with Crippen molar-refractivity contribution in [2.45, 2.75) is 69.5 Å². The summed E-state index contributed by atoms with van der Waals surface area (Å²) < 4.78 is 32.3. The number of sulfone groups is 1. The third kappa shape index (κ3) is 3.50. The Bertz CT molecular complexity index is 904. The highest BCUT2D eigenvalue weighted by Gasteiger charge is 2.44. The second-order valence-electron chi connectivity index (χ2n) is 7.88. The molecule has 146 valence electrons. The van der Waals surface area contributed by atoms with Crippen molar-refractivity contribution in [3.8, 4) is 5.75 Å². The normalized spacial score (nSPS) is 25.7. The number of H-pyrrole nitrogens is 1. The van der Waals surface area contributed by atoms with Gasteiger partial charge in [-0.3, -0.25) is 10.00 Å². The molecule has 3 atom stereocenters. The smallest absolute Gasteiger partial charge is 0.195 e. The molecular weight excluding hydrogens is 362 g/mol. The van der Waals surface area contributed by atoms with Crippen LogP contribution in [0.2, 0.25) is 0 Å². The van der Waals surface area contributed by atoms with Gasteiger partial charge >= 0.3 is 0 Å². The van der Waals surface area contributed by atoms with Crippen LogP contribution in [-0.2, 0) is 9.84 Å². The number of aromatic amines is 1. The number of rotatable bonds is 5. The molecule has 2 aliphatic heterocycles. The minimum atomic E-state index is -3.40. The summed E-state index contributed by atoms with van der Waals surface area (Å²) in [5.41, 5.74) is 2.32. The van der Waals surface area contributed by atoms with Crippen LogP contribution in [0.3, 0.4) is 0 Å². The van der Waals surface area contributed by atoms with Gasteiger partial charge in [0, 0.05) is 12.1 Å². The lowest BCUT2D eigenvalue weighted by Gasteiger charge is -2.38. The highest BCUT2D eigenvalue weighted by molar-refractivity contribution is 7.91. The molecule has 0 amide bonds. The van der Waals surface area contributed by atoms with Gasteiger partial charge in [-0.1, -0.05) is 18.2 Å². The zero-order valence-electron chi connectivity index (χ0n) is 16.1. The Morgan fingerprint density at radius 1 is 1.15 bits per heavy atom. The number of fused-ring (bicyclic) bond motifs is 2. The molecular formula is C20H27N3O3S. The third-order valence-electron chi connectivity index (χ3n) is 5.92. The van der Waals surface area contributed by atoms with Crippen LogP contribution in [0.5, 0.6) is 5.75 Å². The van der Waals surface area contributed by atoms with E-state index in [2.05, 4.69) is 28.1 Å². The number of aromatic nitrogens is 2. The molecule has 0 saturated carbocycles. The Balaban J connectivity index is 1.48. The van der Waals surface area contributed by atoms with Gasteiger partial charge in [-0.2, -0.15) is 5.10 Å². The average Bonchev–Trinajstić information content (AvgIpc) is 3.05. The SMILES string of the molecule is Cc1ccccc1O[C@H]1C[C@H]2CC[C@@H](C1)N2CS(=O)(=O)c1c(C)n[nH]c1C. The Kier molecular flexibility index (Phi) is 4.76. The average molecular weight is 390 g/mol. The molecule has 2 saturated heterocycles. The Labute approximate surface area is 160 Å². The molecule has 2 bridgehead atoms. The number of benzene rings is 1. The summed E-state index contributed by atoms with van der Waals surface area (Å²) in [4.78, 5) is 2.54. The number of piperidine rings is 1. The first-order valence-electron chi connectivity index (χ1n) is 9.57. The van der Waals surface area contributed by atoms with E-state index in [0.29, 0.717) is 16.3 Å². The van der Waals surface area contributed by atoms with Gasteiger partial charge in [0.15, 0.2) is 9.84 Å². The van der Waals surface area contributed by atoms with E-state index in [0.717, 1.165) is 37.0 Å². The summed E-state index contributed by atoms with van der Waals surface area (Å²) in [5.74, 6) is 1.01. The van der Waals surface area contributed by atoms with Crippen LogP contribution in [0.1, 0.15) is 42.6 Å². The van der Waals surface area contributed by atoms with Crippen molar-refractivity contribution in [3.05, 3.63) is 41.2 Å². The van der Waals surface area contributed by atoms with Crippen molar-refractivity contribution >= 4 is 9.84 Å². The number of ether oxygens (including phenoxy) is 1. The molecule has 6 nitrogen and oxygen atoms in total. The summed E-state index contributed by atoms with van der Waals surface area (Å²) in [5, 5.41) is 6.84. The van der Waals surface area contributed by atoms with Crippen LogP contribution in [-0.4, -0.2) is 47.6 Å². The summed E-state index contributed by atoms with van der Waals surface area (Å²) in [6.07, 6.45) is 3.99. The quantitative estimate of drug-likeness (QED) is 0.850. The highest BCUT2D eigenvalue weighted by Crippen LogP contribution is 2.38. The second-order valence-corrected chi connectivity index (χ2v) is 9.78. The molecule has 0 radical (unpaired) electrons. The summed E-state index contributed by atoms with van der Waals surface area (Å²) in [6.45, 7) is 5.57. The maximum atomic E-state index is 13.0. The topological polar surface area (TPSA) is 75.3 Å². The molecule has 0 spiro atoms. The minimum absolute atomic E-state index is 0.0701. The molecule has 1 aromatic heterocycles. The second kappa shape index (κ2) is 6.95. The lowest BCUT2D eigenvalue weighted by molar-refractivity contribution is 0.0605. The molecule has 3 heterocycles. The molecule has 2 fully saturated rings. The van der Waals surface area contributed by atoms with E-state index in [1.807, 2.05) is 18.2 Å². The molecule has 1 aromatic carbocycles. The lowest BCUT2D eigenvalue weighted by Crippen LogP contribution is -2.48. The van der Waals surface area contributed by atoms with E-state index in [9.17, 15) is 8.42 Å². The zero-order chi connectivity index (χ0) is 19.2. The molecule has 2 aromatic rings. The summed E-state index contributed by atoms with van der Waals surface area (Å²) >= 11 is 0. The van der Waals surface area contributed by atoms with Crippen LogP contribution in [0.15, 0.2) is 29.2 Å². The highest BCUT2D eigenvalue weighted by atomic mass is 32.2. The van der Waals surface area contributed by atoms with Crippen molar-refractivity contribution in [1.29, 1.82) is 0 Å². The number of hydrogen-bond acceptors (Lipinski definition) is 5. The summed E-state index contributed by atoms with van der Waals surface area (Å²) in [7, 11) is -3.40. The number of nitrogens with zero attached hydrogens (tertiary/aromatic N) is 2. The predicted octanol–water partition coefficient (Wildman–Crippen LogP) is 3.14. The van der Waals surface area contributed by atoms with Crippen molar-refractivity contribution in [2.75, 3.05) is 5.88 Å². The van der Waals surface area contributed by atoms with Gasteiger partial charge in [0.2, 0.25) is 0 Å². The van der Waals surface area contributed by atoms with E-state index in [-0.39, 0.29) is 24.1 Å². The number of nitrogens with one attached hydrogen (secondary N) is 1. The fourth-order valence-electron chi connectivity index (χ4n) is 4.66. The number of hydrogen-bond donors (Lipinski definition) is 1. The van der Waals surface area contributed by atoms with Crippen LogP contribution in [0, 0.1) is 20.8 Å². The number of aryl methyl sites for hydroxylation is 3. The van der Waals surface area contributed by atoms with Crippen LogP contribution >= 0.6 is 0 Å². The monoisotopic (exact) mass is 389 g/mol. The van der Waals surface area contributed by atoms with E-state index in [4.69, 9.17) is 4.74 Å². The largest absolute Gasteiger partial charge is 0.490 e. The first-order valence-corrected chi connectivity index (χ1v) is 11.2. The maximum Gasteiger partial charge on any atom is 0.195 e. The predicted molar refractivity (Wildman–Crippen MR) is 104 cm³/mol. The molecule has 0 aliphatic carbocycles. The van der Waals surface area contributed by atoms with Gasteiger partial charge in [-0.25, -0.2) is 8.42 Å². The fraction of sp³-hybridized carbons (Fsp3) is 0.550. The van der Waals surface area contributed by atoms with E-state index >= 15 is 0 Å². The first kappa shape index (κ1) is 18.5. The van der Waals surface area contributed by atoms with Crippen LogP contribution in [0.25, 0.3) is 0 Å². The van der Waals surface area contributed by atoms with Gasteiger partial charge in [0.05, 0.1) is 11.4 Å². The zero-order valence-corrected chi connectivity index (χ0v) is 16.9. The molecule has 27 heavy (non-hydrogen) atoms. The van der Waals surface area contributed by atoms with Crippen molar-refractivity contribution in [3.63, 3.8) is 0 Å². The fourth-order valence-corrected chi connectivity index (χ4v) is 6.61. The molecule has 0 unspecified atom stereocenters. The lowest BCUT2D eigenvalue weighted by atomic mass is 10.0. The minimum Gasteiger partial charge on any atom is -0.490 e. The standard InChI is InChI=1S/C20H27N3O3S/c1-13-6-4-5-7-19(13)26-18-10-16-8-9-17(11-18)23(16)12-27(24,25)20-14(2)21-22-15(20)3/h4-7,16-18H,8-12H2,1-3H3,(H,21,22)/t16-,17+,18+. The van der Waals surface area contributed by atoms with Gasteiger partial charge in [-0.05, 0) is 58.1 Å². The molecule has 2 aliphatic rings. The third-order valence-corrected chi connectivity index (χ3v) is 7.78. The molecule has 4 rings (SSSR count). The molecule has 1 N–H and O–H groups in total. The van der Waals surface area contributed by atoms with Gasteiger partial charge in [0.1, 0.15) is 22.6 Å². The van der Waals surface area contributed by atoms with Crippen LogP contribution in [0.4, 0.5) is 0 Å². The number of para-hydroxylation sites is 1. The van der Waals surface area contributed by atoms with Gasteiger partial charge in [-0.15, -0.1) is 0 Å². The van der Waals surface area contributed by atoms with Crippen molar-refractivity contribution < 1.29 is 13.2 Å². The molecule has 7 heteroatoms. The Hall–Kier alpha value is -1.86. The Morgan fingerprint density at radius 2 is 1.81 bits per heavy atom. The van der Waals surface area contributed by atoms with Gasteiger partial charge in [0.25, 0.3) is 0 Å². The van der Waals surface area contributed by atoms with E-state index < -0.39 is 9.84 Å². The Morgan fingerprint density at radius 3 is 2.41 bits per heavy atom. The van der Waals surface area contributed by atoms with Gasteiger partial charge < -0.3 is 4.74 Å². The van der Waals surface area contributed by atoms with Crippen molar-refractivity contribution in [2.24, 2.45) is 0 Å². The van der Waals surface area contributed by atoms with Crippen molar-refractivity contribution in [1.82, 2.24) is 15.1 Å². The summed E-state index contributed by atoms with van der Waals surface area (Å²) in [6, 6.07) is 8.60.